The second-order valence-electron chi connectivity index (χ2n) is 8.96. The summed E-state index contributed by atoms with van der Waals surface area (Å²) in [5.74, 6) is -0.0337. The van der Waals surface area contributed by atoms with Crippen molar-refractivity contribution in [2.75, 3.05) is 24.0 Å². The maximum absolute atomic E-state index is 14.0. The predicted octanol–water partition coefficient (Wildman–Crippen LogP) is 5.42. The van der Waals surface area contributed by atoms with Crippen LogP contribution in [0.15, 0.2) is 82.8 Å². The number of nitrogens with zero attached hydrogens (tertiary/aromatic N) is 3. The van der Waals surface area contributed by atoms with Gasteiger partial charge in [-0.2, -0.15) is 18.3 Å². The summed E-state index contributed by atoms with van der Waals surface area (Å²) in [6, 6.07) is 19.3. The van der Waals surface area contributed by atoms with Gasteiger partial charge in [-0.05, 0) is 55.5 Å². The minimum Gasteiger partial charge on any atom is -0.492 e. The molecule has 8 nitrogen and oxygen atoms in total. The Kier molecular flexibility index (Phi) is 10.2. The van der Waals surface area contributed by atoms with Gasteiger partial charge in [-0.15, -0.1) is 0 Å². The van der Waals surface area contributed by atoms with Gasteiger partial charge in [-0.25, -0.2) is 13.4 Å². The number of rotatable bonds is 13. The normalized spacial score (nSPS) is 11.6. The number of guanidine groups is 1. The Bertz CT molecular complexity index is 1420. The van der Waals surface area contributed by atoms with Crippen molar-refractivity contribution in [1.82, 2.24) is 5.01 Å². The Morgan fingerprint density at radius 3 is 2.38 bits per heavy atom. The smallest absolute Gasteiger partial charge is 0.417 e. The molecule has 0 amide bonds. The highest BCUT2D eigenvalue weighted by molar-refractivity contribution is 7.92. The Labute approximate surface area is 232 Å². The summed E-state index contributed by atoms with van der Waals surface area (Å²) in [5, 5.41) is 12.2. The number of benzene rings is 3. The first kappa shape index (κ1) is 30.5. The lowest BCUT2D eigenvalue weighted by molar-refractivity contribution is -0.140. The van der Waals surface area contributed by atoms with Gasteiger partial charge in [-0.1, -0.05) is 48.5 Å². The topological polar surface area (TPSA) is 112 Å². The summed E-state index contributed by atoms with van der Waals surface area (Å²) < 4.78 is 76.5. The zero-order valence-electron chi connectivity index (χ0n) is 22.1. The van der Waals surface area contributed by atoms with Crippen LogP contribution in [0.3, 0.4) is 0 Å². The summed E-state index contributed by atoms with van der Waals surface area (Å²) >= 11 is 0. The lowest BCUT2D eigenvalue weighted by Gasteiger charge is -2.27. The molecule has 0 aliphatic carbocycles. The van der Waals surface area contributed by atoms with Crippen LogP contribution in [0.25, 0.3) is 0 Å². The number of nitrogens with one attached hydrogen (secondary N) is 1. The van der Waals surface area contributed by atoms with Gasteiger partial charge in [0.25, 0.3) is 10.0 Å². The van der Waals surface area contributed by atoms with Crippen molar-refractivity contribution in [3.05, 3.63) is 89.5 Å². The van der Waals surface area contributed by atoms with Crippen molar-refractivity contribution in [3.8, 4) is 5.75 Å². The summed E-state index contributed by atoms with van der Waals surface area (Å²) in [5.41, 5.74) is 5.29. The second-order valence-corrected chi connectivity index (χ2v) is 10.8. The van der Waals surface area contributed by atoms with Gasteiger partial charge in [0.2, 0.25) is 5.96 Å². The third kappa shape index (κ3) is 7.75. The minimum absolute atomic E-state index is 0.0393. The largest absolute Gasteiger partial charge is 0.492 e. The van der Waals surface area contributed by atoms with E-state index in [9.17, 15) is 21.6 Å². The van der Waals surface area contributed by atoms with E-state index < -0.39 is 26.7 Å². The molecule has 0 aromatic heterocycles. The highest BCUT2D eigenvalue weighted by Crippen LogP contribution is 2.39. The zero-order chi connectivity index (χ0) is 29.3. The molecule has 0 bridgehead atoms. The molecule has 3 rings (SSSR count). The van der Waals surface area contributed by atoms with Crippen molar-refractivity contribution in [2.24, 2.45) is 10.8 Å². The second kappa shape index (κ2) is 13.3. The molecule has 0 aliphatic rings. The standard InChI is InChI=1S/C28H32F3N5O3S/c1-21-10-8-16-25(26(21)28(29,30)31)40(37,38)36(17-7-6-13-22-11-4-3-5-12-22)23-14-9-15-24(20-23)39-19-18-35(34-2)27(32)33/h3-5,8-12,14-16,20H,2,6-7,13,17-19H2,1H3,(H3,32,33). The molecule has 40 heavy (non-hydrogen) atoms. The van der Waals surface area contributed by atoms with Gasteiger partial charge >= 0.3 is 6.18 Å². The molecule has 0 saturated carbocycles. The molecule has 0 spiro atoms. The molecule has 0 saturated heterocycles. The number of hydrogen-bond acceptors (Lipinski definition) is 5. The molecular formula is C28H32F3N5O3S. The van der Waals surface area contributed by atoms with Crippen LogP contribution in [-0.2, 0) is 22.6 Å². The van der Waals surface area contributed by atoms with Crippen molar-refractivity contribution in [3.63, 3.8) is 0 Å². The van der Waals surface area contributed by atoms with Gasteiger partial charge in [0.1, 0.15) is 12.4 Å². The Hall–Kier alpha value is -4.06. The van der Waals surface area contributed by atoms with E-state index in [0.717, 1.165) is 20.9 Å². The molecule has 12 heteroatoms. The molecule has 0 atom stereocenters. The Balaban J connectivity index is 1.92. The van der Waals surface area contributed by atoms with E-state index in [1.807, 2.05) is 30.3 Å². The van der Waals surface area contributed by atoms with Crippen molar-refractivity contribution in [1.29, 1.82) is 5.41 Å². The van der Waals surface area contributed by atoms with E-state index in [4.69, 9.17) is 15.9 Å². The fraction of sp³-hybridized carbons (Fsp3) is 0.286. The third-order valence-corrected chi connectivity index (χ3v) is 8.00. The van der Waals surface area contributed by atoms with Crippen LogP contribution in [0.1, 0.15) is 29.5 Å². The molecule has 3 N–H and O–H groups in total. The van der Waals surface area contributed by atoms with Gasteiger partial charge in [-0.3, -0.25) is 9.71 Å². The highest BCUT2D eigenvalue weighted by atomic mass is 32.2. The van der Waals surface area contributed by atoms with Crippen molar-refractivity contribution in [2.45, 2.75) is 37.3 Å². The first-order valence-electron chi connectivity index (χ1n) is 12.5. The van der Waals surface area contributed by atoms with E-state index in [1.165, 1.54) is 31.2 Å². The first-order chi connectivity index (χ1) is 18.9. The molecule has 3 aromatic carbocycles. The van der Waals surface area contributed by atoms with Crippen LogP contribution in [0.2, 0.25) is 0 Å². The van der Waals surface area contributed by atoms with Crippen LogP contribution in [0.5, 0.6) is 5.75 Å². The average molecular weight is 576 g/mol. The van der Waals surface area contributed by atoms with E-state index in [1.54, 1.807) is 12.1 Å². The number of sulfonamides is 1. The number of aryl methyl sites for hydroxylation is 2. The van der Waals surface area contributed by atoms with E-state index in [0.29, 0.717) is 19.3 Å². The lowest BCUT2D eigenvalue weighted by atomic mass is 10.1. The van der Waals surface area contributed by atoms with Crippen LogP contribution < -0.4 is 14.8 Å². The fourth-order valence-electron chi connectivity index (χ4n) is 4.20. The van der Waals surface area contributed by atoms with E-state index in [-0.39, 0.29) is 42.7 Å². The number of halogens is 3. The Morgan fingerprint density at radius 2 is 1.73 bits per heavy atom. The SMILES string of the molecule is C=NN(CCOc1cccc(N(CCCCc2ccccc2)S(=O)(=O)c2cccc(C)c2C(F)(F)F)c1)C(=N)N. The van der Waals surface area contributed by atoms with Gasteiger partial charge in [0.15, 0.2) is 0 Å². The molecule has 0 fully saturated rings. The van der Waals surface area contributed by atoms with Crippen molar-refractivity contribution >= 4 is 28.4 Å². The van der Waals surface area contributed by atoms with Gasteiger partial charge in [0.05, 0.1) is 22.7 Å². The molecule has 0 radical (unpaired) electrons. The van der Waals surface area contributed by atoms with Gasteiger partial charge in [0, 0.05) is 19.3 Å². The molecular weight excluding hydrogens is 543 g/mol. The number of ether oxygens (including phenoxy) is 1. The number of nitrogens with two attached hydrogens (primary N) is 1. The molecule has 0 aliphatic heterocycles. The van der Waals surface area contributed by atoms with Crippen molar-refractivity contribution < 1.29 is 26.3 Å². The van der Waals surface area contributed by atoms with Crippen LogP contribution >= 0.6 is 0 Å². The van der Waals surface area contributed by atoms with Crippen LogP contribution in [0, 0.1) is 12.3 Å². The van der Waals surface area contributed by atoms with Crippen LogP contribution in [-0.4, -0.2) is 45.8 Å². The summed E-state index contributed by atoms with van der Waals surface area (Å²) in [6.45, 7) is 4.69. The number of hydrazone groups is 1. The lowest BCUT2D eigenvalue weighted by Crippen LogP contribution is -2.35. The number of anilines is 1. The summed E-state index contributed by atoms with van der Waals surface area (Å²) in [4.78, 5) is -0.802. The average Bonchev–Trinajstić information content (AvgIpc) is 2.90. The summed E-state index contributed by atoms with van der Waals surface area (Å²) in [6.07, 6.45) is -3.13. The first-order valence-corrected chi connectivity index (χ1v) is 13.9. The molecule has 214 valence electrons. The maximum Gasteiger partial charge on any atom is 0.417 e. The predicted molar refractivity (Wildman–Crippen MR) is 150 cm³/mol. The third-order valence-electron chi connectivity index (χ3n) is 6.13. The highest BCUT2D eigenvalue weighted by Gasteiger charge is 2.40. The Morgan fingerprint density at radius 1 is 1.02 bits per heavy atom. The van der Waals surface area contributed by atoms with Crippen LogP contribution in [0.4, 0.5) is 18.9 Å². The van der Waals surface area contributed by atoms with E-state index in [2.05, 4.69) is 11.8 Å². The maximum atomic E-state index is 14.0. The monoisotopic (exact) mass is 575 g/mol. The number of alkyl halides is 3. The zero-order valence-corrected chi connectivity index (χ0v) is 22.9. The molecule has 0 unspecified atom stereocenters. The molecule has 3 aromatic rings. The minimum atomic E-state index is -4.86. The summed E-state index contributed by atoms with van der Waals surface area (Å²) in [7, 11) is -4.62. The molecule has 0 heterocycles. The van der Waals surface area contributed by atoms with E-state index >= 15 is 0 Å². The van der Waals surface area contributed by atoms with Gasteiger partial charge < -0.3 is 10.5 Å². The number of unbranched alkanes of at least 4 members (excludes halogenated alkanes) is 1. The fourth-order valence-corrected chi connectivity index (χ4v) is 5.98. The number of hydrogen-bond donors (Lipinski definition) is 2. The quantitative estimate of drug-likeness (QED) is 0.122.